The van der Waals surface area contributed by atoms with Crippen molar-refractivity contribution in [2.24, 2.45) is 10.9 Å². The van der Waals surface area contributed by atoms with Gasteiger partial charge in [-0.25, -0.2) is 0 Å². The lowest BCUT2D eigenvalue weighted by molar-refractivity contribution is 0.315. The van der Waals surface area contributed by atoms with E-state index in [0.29, 0.717) is 13.0 Å². The van der Waals surface area contributed by atoms with Gasteiger partial charge >= 0.3 is 0 Å². The number of nitrogens with one attached hydrogen (secondary N) is 1. The van der Waals surface area contributed by atoms with Crippen molar-refractivity contribution in [2.45, 2.75) is 12.5 Å². The highest BCUT2D eigenvalue weighted by atomic mass is 79.9. The fraction of sp³-hybridized carbons (Fsp3) is 0.250. The summed E-state index contributed by atoms with van der Waals surface area (Å²) in [6.07, 6.45) is 0.445. The zero-order valence-corrected chi connectivity index (χ0v) is 11.0. The SMILES string of the molecule is C=C(Br)CNC(C/C(N)=N\O)c1ccccc1. The van der Waals surface area contributed by atoms with Gasteiger partial charge in [0.15, 0.2) is 0 Å². The number of hydrogen-bond acceptors (Lipinski definition) is 3. The smallest absolute Gasteiger partial charge is 0.141 e. The molecule has 0 spiro atoms. The molecule has 1 rings (SSSR count). The Morgan fingerprint density at radius 1 is 1.47 bits per heavy atom. The molecule has 0 saturated heterocycles. The Labute approximate surface area is 109 Å². The van der Waals surface area contributed by atoms with E-state index >= 15 is 0 Å². The molecule has 1 unspecified atom stereocenters. The first-order chi connectivity index (χ1) is 8.13. The number of nitrogens with two attached hydrogens (primary N) is 1. The molecule has 4 nitrogen and oxygen atoms in total. The van der Waals surface area contributed by atoms with Gasteiger partial charge in [0.05, 0.1) is 0 Å². The van der Waals surface area contributed by atoms with Crippen molar-refractivity contribution in [2.75, 3.05) is 6.54 Å². The fourth-order valence-electron chi connectivity index (χ4n) is 1.48. The van der Waals surface area contributed by atoms with Crippen LogP contribution in [-0.4, -0.2) is 17.6 Å². The molecule has 0 aliphatic rings. The maximum Gasteiger partial charge on any atom is 0.141 e. The maximum absolute atomic E-state index is 8.62. The zero-order chi connectivity index (χ0) is 12.7. The van der Waals surface area contributed by atoms with Crippen LogP contribution in [0.2, 0.25) is 0 Å². The van der Waals surface area contributed by atoms with Crippen LogP contribution in [0.3, 0.4) is 0 Å². The van der Waals surface area contributed by atoms with E-state index < -0.39 is 0 Å². The fourth-order valence-corrected chi connectivity index (χ4v) is 1.64. The van der Waals surface area contributed by atoms with E-state index in [1.165, 1.54) is 0 Å². The predicted octanol–water partition coefficient (Wildman–Crippen LogP) is 2.36. The summed E-state index contributed by atoms with van der Waals surface area (Å²) in [7, 11) is 0. The van der Waals surface area contributed by atoms with Crippen molar-refractivity contribution < 1.29 is 5.21 Å². The molecule has 1 aromatic carbocycles. The van der Waals surface area contributed by atoms with E-state index in [2.05, 4.69) is 33.0 Å². The average molecular weight is 298 g/mol. The number of halogens is 1. The van der Waals surface area contributed by atoms with Crippen molar-refractivity contribution >= 4 is 21.8 Å². The molecule has 0 aliphatic carbocycles. The summed E-state index contributed by atoms with van der Waals surface area (Å²) in [5.41, 5.74) is 6.63. The van der Waals surface area contributed by atoms with Crippen LogP contribution in [-0.2, 0) is 0 Å². The van der Waals surface area contributed by atoms with Gasteiger partial charge < -0.3 is 16.3 Å². The molecule has 0 aliphatic heterocycles. The Morgan fingerprint density at radius 2 is 2.12 bits per heavy atom. The third kappa shape index (κ3) is 5.01. The van der Waals surface area contributed by atoms with Crippen molar-refractivity contribution in [1.29, 1.82) is 0 Å². The molecular formula is C12H16BrN3O. The zero-order valence-electron chi connectivity index (χ0n) is 9.44. The Bertz CT molecular complexity index is 392. The number of rotatable bonds is 6. The Balaban J connectivity index is 2.75. The lowest BCUT2D eigenvalue weighted by Crippen LogP contribution is -2.27. The summed E-state index contributed by atoms with van der Waals surface area (Å²) in [4.78, 5) is 0. The second kappa shape index (κ2) is 7.09. The standard InChI is InChI=1S/C12H16BrN3O/c1-9(13)8-15-11(7-12(14)16-17)10-5-3-2-4-6-10/h2-6,11,15,17H,1,7-8H2,(H2,14,16). The number of nitrogens with zero attached hydrogens (tertiary/aromatic N) is 1. The molecule has 0 bridgehead atoms. The van der Waals surface area contributed by atoms with Crippen LogP contribution in [0.15, 0.2) is 46.5 Å². The van der Waals surface area contributed by atoms with E-state index in [1.54, 1.807) is 0 Å². The van der Waals surface area contributed by atoms with Crippen LogP contribution >= 0.6 is 15.9 Å². The molecule has 17 heavy (non-hydrogen) atoms. The second-order valence-electron chi connectivity index (χ2n) is 3.66. The van der Waals surface area contributed by atoms with Gasteiger partial charge in [-0.15, -0.1) is 0 Å². The summed E-state index contributed by atoms with van der Waals surface area (Å²) in [6.45, 7) is 4.39. The Hall–Kier alpha value is -1.33. The van der Waals surface area contributed by atoms with Gasteiger partial charge in [-0.1, -0.05) is 58.0 Å². The van der Waals surface area contributed by atoms with Crippen LogP contribution < -0.4 is 11.1 Å². The molecule has 0 fully saturated rings. The monoisotopic (exact) mass is 297 g/mol. The Morgan fingerprint density at radius 3 is 2.65 bits per heavy atom. The van der Waals surface area contributed by atoms with E-state index in [1.807, 2.05) is 30.3 Å². The minimum absolute atomic E-state index is 0.00130. The number of hydrogen-bond donors (Lipinski definition) is 3. The number of oxime groups is 1. The molecule has 0 aromatic heterocycles. The summed E-state index contributed by atoms with van der Waals surface area (Å²) < 4.78 is 0.859. The molecule has 0 heterocycles. The average Bonchev–Trinajstić information content (AvgIpc) is 2.35. The summed E-state index contributed by atoms with van der Waals surface area (Å²) in [5, 5.41) is 14.9. The third-order valence-electron chi connectivity index (χ3n) is 2.28. The molecular weight excluding hydrogens is 282 g/mol. The molecule has 5 heteroatoms. The Kier molecular flexibility index (Phi) is 5.72. The summed E-state index contributed by atoms with van der Waals surface area (Å²) >= 11 is 3.29. The van der Waals surface area contributed by atoms with Crippen LogP contribution in [0, 0.1) is 0 Å². The first-order valence-electron chi connectivity index (χ1n) is 5.21. The van der Waals surface area contributed by atoms with Crippen LogP contribution in [0.5, 0.6) is 0 Å². The highest BCUT2D eigenvalue weighted by Gasteiger charge is 2.12. The second-order valence-corrected chi connectivity index (χ2v) is 4.78. The highest BCUT2D eigenvalue weighted by Crippen LogP contribution is 2.17. The van der Waals surface area contributed by atoms with Crippen molar-refractivity contribution in [1.82, 2.24) is 5.32 Å². The van der Waals surface area contributed by atoms with Crippen molar-refractivity contribution in [3.8, 4) is 0 Å². The lowest BCUT2D eigenvalue weighted by atomic mass is 10.0. The quantitative estimate of drug-likeness (QED) is 0.327. The molecule has 4 N–H and O–H groups in total. The van der Waals surface area contributed by atoms with Gasteiger partial charge in [-0.3, -0.25) is 0 Å². The summed E-state index contributed by atoms with van der Waals surface area (Å²) in [6, 6.07) is 9.87. The van der Waals surface area contributed by atoms with Gasteiger partial charge in [0.2, 0.25) is 0 Å². The topological polar surface area (TPSA) is 70.6 Å². The molecule has 0 amide bonds. The molecule has 0 saturated carbocycles. The van der Waals surface area contributed by atoms with Crippen LogP contribution in [0.1, 0.15) is 18.0 Å². The van der Waals surface area contributed by atoms with E-state index in [4.69, 9.17) is 10.9 Å². The van der Waals surface area contributed by atoms with E-state index in [0.717, 1.165) is 10.0 Å². The van der Waals surface area contributed by atoms with Gasteiger partial charge in [0.1, 0.15) is 5.84 Å². The van der Waals surface area contributed by atoms with E-state index in [9.17, 15) is 0 Å². The minimum atomic E-state index is 0.00130. The number of benzene rings is 1. The van der Waals surface area contributed by atoms with Crippen LogP contribution in [0.4, 0.5) is 0 Å². The van der Waals surface area contributed by atoms with Gasteiger partial charge in [-0.2, -0.15) is 0 Å². The lowest BCUT2D eigenvalue weighted by Gasteiger charge is -2.18. The first kappa shape index (κ1) is 13.7. The summed E-state index contributed by atoms with van der Waals surface area (Å²) in [5.74, 6) is 0.200. The van der Waals surface area contributed by atoms with Crippen LogP contribution in [0.25, 0.3) is 0 Å². The third-order valence-corrected chi connectivity index (χ3v) is 2.56. The molecule has 92 valence electrons. The van der Waals surface area contributed by atoms with Gasteiger partial charge in [-0.05, 0) is 5.56 Å². The number of amidine groups is 1. The van der Waals surface area contributed by atoms with E-state index in [-0.39, 0.29) is 11.9 Å². The molecule has 0 radical (unpaired) electrons. The molecule has 1 aromatic rings. The van der Waals surface area contributed by atoms with Crippen molar-refractivity contribution in [3.05, 3.63) is 47.0 Å². The first-order valence-corrected chi connectivity index (χ1v) is 6.00. The molecule has 1 atom stereocenters. The normalized spacial score (nSPS) is 13.4. The maximum atomic E-state index is 8.62. The van der Waals surface area contributed by atoms with Crippen molar-refractivity contribution in [3.63, 3.8) is 0 Å². The predicted molar refractivity (Wildman–Crippen MR) is 73.3 cm³/mol. The minimum Gasteiger partial charge on any atom is -0.409 e. The van der Waals surface area contributed by atoms with Gasteiger partial charge in [0, 0.05) is 23.5 Å². The largest absolute Gasteiger partial charge is 0.409 e. The van der Waals surface area contributed by atoms with Gasteiger partial charge in [0.25, 0.3) is 0 Å². The highest BCUT2D eigenvalue weighted by molar-refractivity contribution is 9.11.